The molecule has 0 aliphatic rings. The van der Waals surface area contributed by atoms with Crippen molar-refractivity contribution in [2.24, 2.45) is 0 Å². The highest BCUT2D eigenvalue weighted by atomic mass is 35.5. The van der Waals surface area contributed by atoms with E-state index in [1.807, 2.05) is 6.07 Å². The van der Waals surface area contributed by atoms with Gasteiger partial charge in [-0.3, -0.25) is 0 Å². The fraction of sp³-hybridized carbons (Fsp3) is 0. The second kappa shape index (κ2) is 5.18. The topological polar surface area (TPSA) is 61.8 Å². The number of halogens is 2. The Bertz CT molecular complexity index is 633. The van der Waals surface area contributed by atoms with Crippen LogP contribution < -0.4 is 11.1 Å². The van der Waals surface area contributed by atoms with Gasteiger partial charge >= 0.3 is 0 Å². The Morgan fingerprint density at radius 2 is 1.94 bits per heavy atom. The summed E-state index contributed by atoms with van der Waals surface area (Å²) in [6.07, 6.45) is 0. The number of nitrogens with zero attached hydrogens (tertiary/aromatic N) is 1. The Morgan fingerprint density at radius 3 is 2.67 bits per heavy atom. The Hall–Kier alpha value is -1.89. The molecule has 2 aromatic carbocycles. The minimum absolute atomic E-state index is 0.415. The predicted molar refractivity (Wildman–Crippen MR) is 75.3 cm³/mol. The van der Waals surface area contributed by atoms with Crippen LogP contribution in [0.5, 0.6) is 0 Å². The van der Waals surface area contributed by atoms with E-state index in [0.29, 0.717) is 27.0 Å². The van der Waals surface area contributed by atoms with E-state index in [4.69, 9.17) is 34.2 Å². The summed E-state index contributed by atoms with van der Waals surface area (Å²) in [4.78, 5) is 0. The van der Waals surface area contributed by atoms with Crippen molar-refractivity contribution < 1.29 is 0 Å². The van der Waals surface area contributed by atoms with E-state index >= 15 is 0 Å². The summed E-state index contributed by atoms with van der Waals surface area (Å²) in [7, 11) is 0. The third-order valence-corrected chi connectivity index (χ3v) is 3.22. The molecular formula is C13H9Cl2N3. The quantitative estimate of drug-likeness (QED) is 0.809. The third-order valence-electron chi connectivity index (χ3n) is 2.40. The highest BCUT2D eigenvalue weighted by Crippen LogP contribution is 2.32. The minimum atomic E-state index is 0.415. The molecule has 0 aromatic heterocycles. The summed E-state index contributed by atoms with van der Waals surface area (Å²) in [5.74, 6) is 0. The number of anilines is 3. The van der Waals surface area contributed by atoms with E-state index in [-0.39, 0.29) is 0 Å². The molecule has 0 amide bonds. The van der Waals surface area contributed by atoms with Crippen LogP contribution in [0.25, 0.3) is 0 Å². The summed E-state index contributed by atoms with van der Waals surface area (Å²) < 4.78 is 0. The summed E-state index contributed by atoms with van der Waals surface area (Å²) in [5.41, 5.74) is 7.91. The molecule has 0 bridgehead atoms. The van der Waals surface area contributed by atoms with Crippen LogP contribution in [-0.4, -0.2) is 0 Å². The molecule has 0 atom stereocenters. The van der Waals surface area contributed by atoms with Crippen LogP contribution in [0.4, 0.5) is 17.1 Å². The Labute approximate surface area is 115 Å². The van der Waals surface area contributed by atoms with Gasteiger partial charge in [0, 0.05) is 11.4 Å². The standard InChI is InChI=1S/C13H9Cl2N3/c14-10-2-1-3-12(13(10)15)18-9-4-5-11(17)8(6-9)7-16/h1-6,18H,17H2. The maximum absolute atomic E-state index is 8.90. The number of nitrogen functional groups attached to an aromatic ring is 1. The van der Waals surface area contributed by atoms with Gasteiger partial charge in [-0.15, -0.1) is 0 Å². The van der Waals surface area contributed by atoms with Crippen LogP contribution in [0.3, 0.4) is 0 Å². The largest absolute Gasteiger partial charge is 0.398 e. The summed E-state index contributed by atoms with van der Waals surface area (Å²) in [6, 6.07) is 12.4. The second-order valence-corrected chi connectivity index (χ2v) is 4.43. The van der Waals surface area contributed by atoms with E-state index in [1.54, 1.807) is 36.4 Å². The zero-order valence-electron chi connectivity index (χ0n) is 9.24. The van der Waals surface area contributed by atoms with Crippen LogP contribution in [0, 0.1) is 11.3 Å². The summed E-state index contributed by atoms with van der Waals surface area (Å²) >= 11 is 12.0. The molecule has 0 fully saturated rings. The van der Waals surface area contributed by atoms with E-state index in [2.05, 4.69) is 5.32 Å². The van der Waals surface area contributed by atoms with Crippen LogP contribution >= 0.6 is 23.2 Å². The maximum atomic E-state index is 8.90. The molecule has 0 heterocycles. The van der Waals surface area contributed by atoms with Crippen molar-refractivity contribution in [1.29, 1.82) is 5.26 Å². The smallest absolute Gasteiger partial charge is 0.101 e. The lowest BCUT2D eigenvalue weighted by Crippen LogP contribution is -1.95. The van der Waals surface area contributed by atoms with Crippen LogP contribution in [0.1, 0.15) is 5.56 Å². The third kappa shape index (κ3) is 2.51. The number of nitriles is 1. The number of benzene rings is 2. The van der Waals surface area contributed by atoms with Gasteiger partial charge in [0.25, 0.3) is 0 Å². The fourth-order valence-electron chi connectivity index (χ4n) is 1.49. The van der Waals surface area contributed by atoms with Gasteiger partial charge in [-0.1, -0.05) is 29.3 Å². The Balaban J connectivity index is 2.35. The molecule has 3 nitrogen and oxygen atoms in total. The van der Waals surface area contributed by atoms with E-state index in [9.17, 15) is 0 Å². The first kappa shape index (κ1) is 12.6. The second-order valence-electron chi connectivity index (χ2n) is 3.64. The van der Waals surface area contributed by atoms with Gasteiger partial charge in [0.2, 0.25) is 0 Å². The number of hydrogen-bond acceptors (Lipinski definition) is 3. The molecule has 0 aliphatic heterocycles. The first-order valence-corrected chi connectivity index (χ1v) is 5.88. The van der Waals surface area contributed by atoms with Gasteiger partial charge in [0.1, 0.15) is 6.07 Å². The monoisotopic (exact) mass is 277 g/mol. The SMILES string of the molecule is N#Cc1cc(Nc2cccc(Cl)c2Cl)ccc1N. The van der Waals surface area contributed by atoms with Crippen LogP contribution in [0.2, 0.25) is 10.0 Å². The van der Waals surface area contributed by atoms with Crippen molar-refractivity contribution in [1.82, 2.24) is 0 Å². The normalized spacial score (nSPS) is 9.83. The van der Waals surface area contributed by atoms with Crippen molar-refractivity contribution in [2.75, 3.05) is 11.1 Å². The van der Waals surface area contributed by atoms with E-state index in [0.717, 1.165) is 5.69 Å². The zero-order valence-corrected chi connectivity index (χ0v) is 10.8. The maximum Gasteiger partial charge on any atom is 0.101 e. The van der Waals surface area contributed by atoms with Crippen LogP contribution in [-0.2, 0) is 0 Å². The lowest BCUT2D eigenvalue weighted by molar-refractivity contribution is 1.47. The first-order chi connectivity index (χ1) is 8.61. The Kier molecular flexibility index (Phi) is 3.61. The summed E-state index contributed by atoms with van der Waals surface area (Å²) in [5, 5.41) is 12.9. The van der Waals surface area contributed by atoms with Gasteiger partial charge < -0.3 is 11.1 Å². The average molecular weight is 278 g/mol. The number of hydrogen-bond donors (Lipinski definition) is 2. The van der Waals surface area contributed by atoms with Gasteiger partial charge in [-0.2, -0.15) is 5.26 Å². The number of rotatable bonds is 2. The summed E-state index contributed by atoms with van der Waals surface area (Å²) in [6.45, 7) is 0. The number of nitrogens with one attached hydrogen (secondary N) is 1. The van der Waals surface area contributed by atoms with Gasteiger partial charge in [0.15, 0.2) is 0 Å². The lowest BCUT2D eigenvalue weighted by atomic mass is 10.1. The molecule has 90 valence electrons. The highest BCUT2D eigenvalue weighted by Gasteiger charge is 2.05. The van der Waals surface area contributed by atoms with E-state index < -0.39 is 0 Å². The highest BCUT2D eigenvalue weighted by molar-refractivity contribution is 6.43. The Morgan fingerprint density at radius 1 is 1.17 bits per heavy atom. The van der Waals surface area contributed by atoms with Crippen LogP contribution in [0.15, 0.2) is 36.4 Å². The molecule has 0 saturated carbocycles. The van der Waals surface area contributed by atoms with Gasteiger partial charge in [0.05, 0.1) is 21.3 Å². The molecular weight excluding hydrogens is 269 g/mol. The van der Waals surface area contributed by atoms with Crippen molar-refractivity contribution in [3.05, 3.63) is 52.0 Å². The molecule has 18 heavy (non-hydrogen) atoms. The minimum Gasteiger partial charge on any atom is -0.398 e. The molecule has 2 rings (SSSR count). The molecule has 0 spiro atoms. The van der Waals surface area contributed by atoms with E-state index in [1.165, 1.54) is 0 Å². The zero-order chi connectivity index (χ0) is 13.1. The van der Waals surface area contributed by atoms with Gasteiger partial charge in [-0.25, -0.2) is 0 Å². The average Bonchev–Trinajstić information content (AvgIpc) is 2.37. The van der Waals surface area contributed by atoms with Crippen molar-refractivity contribution in [2.45, 2.75) is 0 Å². The van der Waals surface area contributed by atoms with Crippen molar-refractivity contribution in [3.63, 3.8) is 0 Å². The molecule has 3 N–H and O–H groups in total. The molecule has 5 heteroatoms. The first-order valence-electron chi connectivity index (χ1n) is 5.12. The molecule has 0 unspecified atom stereocenters. The fourth-order valence-corrected chi connectivity index (χ4v) is 1.83. The van der Waals surface area contributed by atoms with Gasteiger partial charge in [-0.05, 0) is 30.3 Å². The molecule has 0 saturated heterocycles. The molecule has 0 radical (unpaired) electrons. The lowest BCUT2D eigenvalue weighted by Gasteiger charge is -2.10. The predicted octanol–water partition coefficient (Wildman–Crippen LogP) is 4.19. The molecule has 2 aromatic rings. The number of nitrogens with two attached hydrogens (primary N) is 1. The van der Waals surface area contributed by atoms with Crippen molar-refractivity contribution in [3.8, 4) is 6.07 Å². The van der Waals surface area contributed by atoms with Crippen molar-refractivity contribution >= 4 is 40.3 Å². The molecule has 0 aliphatic carbocycles.